The summed E-state index contributed by atoms with van der Waals surface area (Å²) in [5.41, 5.74) is -0.145. The monoisotopic (exact) mass is 269 g/mol. The van der Waals surface area contributed by atoms with Crippen molar-refractivity contribution in [2.45, 2.75) is 39.4 Å². The van der Waals surface area contributed by atoms with Crippen molar-refractivity contribution >= 4 is 11.9 Å². The lowest BCUT2D eigenvalue weighted by molar-refractivity contribution is -0.138. The maximum Gasteiger partial charge on any atom is 0.325 e. The van der Waals surface area contributed by atoms with E-state index in [2.05, 4.69) is 20.9 Å². The van der Waals surface area contributed by atoms with Crippen LogP contribution in [-0.4, -0.2) is 44.1 Å². The van der Waals surface area contributed by atoms with E-state index in [0.717, 1.165) is 0 Å². The molecule has 3 N–H and O–H groups in total. The number of hydrogen-bond donors (Lipinski definition) is 3. The Labute approximate surface area is 111 Å². The number of carboxylic acids is 1. The maximum atomic E-state index is 11.9. The molecule has 1 rings (SSSR count). The molecular weight excluding hydrogens is 250 g/mol. The Kier molecular flexibility index (Phi) is 4.99. The van der Waals surface area contributed by atoms with Crippen LogP contribution < -0.4 is 10.6 Å². The van der Waals surface area contributed by atoms with Gasteiger partial charge in [-0.3, -0.25) is 9.59 Å². The Bertz CT molecular complexity index is 455. The Morgan fingerprint density at radius 3 is 2.74 bits per heavy atom. The fourth-order valence-corrected chi connectivity index (χ4v) is 1.55. The van der Waals surface area contributed by atoms with Gasteiger partial charge in [-0.25, -0.2) is 4.68 Å². The van der Waals surface area contributed by atoms with Gasteiger partial charge in [0.2, 0.25) is 5.91 Å². The van der Waals surface area contributed by atoms with Crippen molar-refractivity contribution < 1.29 is 14.7 Å². The van der Waals surface area contributed by atoms with Crippen molar-refractivity contribution in [3.8, 4) is 0 Å². The second-order valence-electron chi connectivity index (χ2n) is 4.64. The molecule has 106 valence electrons. The van der Waals surface area contributed by atoms with Gasteiger partial charge in [0.15, 0.2) is 0 Å². The van der Waals surface area contributed by atoms with Crippen LogP contribution >= 0.6 is 0 Å². The van der Waals surface area contributed by atoms with E-state index in [4.69, 9.17) is 5.11 Å². The zero-order valence-electron chi connectivity index (χ0n) is 11.3. The molecule has 0 atom stereocenters. The first-order valence-corrected chi connectivity index (χ1v) is 5.99. The summed E-state index contributed by atoms with van der Waals surface area (Å²) in [6, 6.07) is 0. The van der Waals surface area contributed by atoms with Gasteiger partial charge in [-0.15, -0.1) is 5.10 Å². The Morgan fingerprint density at radius 1 is 1.47 bits per heavy atom. The molecule has 8 heteroatoms. The van der Waals surface area contributed by atoms with E-state index in [1.807, 2.05) is 6.92 Å². The Morgan fingerprint density at radius 2 is 2.16 bits per heavy atom. The third-order valence-electron chi connectivity index (χ3n) is 2.50. The predicted octanol–water partition coefficient (Wildman–Crippen LogP) is -0.633. The topological polar surface area (TPSA) is 109 Å². The predicted molar refractivity (Wildman–Crippen MR) is 67.3 cm³/mol. The molecule has 0 aliphatic rings. The average Bonchev–Trinajstić information content (AvgIpc) is 2.72. The second kappa shape index (κ2) is 6.28. The molecule has 0 saturated heterocycles. The normalized spacial score (nSPS) is 11.3. The van der Waals surface area contributed by atoms with E-state index >= 15 is 0 Å². The first-order chi connectivity index (χ1) is 8.85. The Hall–Kier alpha value is -1.96. The minimum atomic E-state index is -0.992. The van der Waals surface area contributed by atoms with Crippen LogP contribution in [0.5, 0.6) is 0 Å². The summed E-state index contributed by atoms with van der Waals surface area (Å²) in [5, 5.41) is 21.8. The number of hydrogen-bond acceptors (Lipinski definition) is 5. The molecule has 0 fully saturated rings. The van der Waals surface area contributed by atoms with E-state index in [-0.39, 0.29) is 19.0 Å². The van der Waals surface area contributed by atoms with Crippen molar-refractivity contribution in [3.63, 3.8) is 0 Å². The lowest BCUT2D eigenvalue weighted by atomic mass is 10.0. The summed E-state index contributed by atoms with van der Waals surface area (Å²) in [5.74, 6) is -1.14. The van der Waals surface area contributed by atoms with Crippen molar-refractivity contribution in [2.24, 2.45) is 0 Å². The maximum absolute atomic E-state index is 11.9. The molecule has 0 aliphatic carbocycles. The van der Waals surface area contributed by atoms with Gasteiger partial charge in [0.05, 0.1) is 18.3 Å². The van der Waals surface area contributed by atoms with Crippen LogP contribution in [-0.2, 0) is 22.7 Å². The summed E-state index contributed by atoms with van der Waals surface area (Å²) in [6.07, 6.45) is 1.49. The second-order valence-corrected chi connectivity index (χ2v) is 4.64. The molecule has 0 aliphatic heterocycles. The number of nitrogens with zero attached hydrogens (tertiary/aromatic N) is 3. The summed E-state index contributed by atoms with van der Waals surface area (Å²) in [6.45, 7) is 6.15. The number of likely N-dealkylation sites (N-methyl/N-ethyl adjacent to an activating group) is 1. The summed E-state index contributed by atoms with van der Waals surface area (Å²) in [4.78, 5) is 22.4. The van der Waals surface area contributed by atoms with Crippen molar-refractivity contribution in [2.75, 3.05) is 6.54 Å². The van der Waals surface area contributed by atoms with Gasteiger partial charge in [-0.2, -0.15) is 0 Å². The first-order valence-electron chi connectivity index (χ1n) is 5.99. The third-order valence-corrected chi connectivity index (χ3v) is 2.50. The first kappa shape index (κ1) is 15.1. The summed E-state index contributed by atoms with van der Waals surface area (Å²) < 4.78 is 1.21. The lowest BCUT2D eigenvalue weighted by Gasteiger charge is -2.24. The molecule has 1 heterocycles. The molecule has 8 nitrogen and oxygen atoms in total. The van der Waals surface area contributed by atoms with E-state index in [1.54, 1.807) is 13.8 Å². The molecule has 1 aromatic heterocycles. The van der Waals surface area contributed by atoms with Crippen molar-refractivity contribution in [1.29, 1.82) is 0 Å². The van der Waals surface area contributed by atoms with Gasteiger partial charge in [-0.05, 0) is 20.4 Å². The SMILES string of the molecule is CCNC(C)(C)C(=O)NCc1cn(CC(=O)O)nn1. The highest BCUT2D eigenvalue weighted by Gasteiger charge is 2.25. The number of amides is 1. The molecule has 0 aromatic carbocycles. The highest BCUT2D eigenvalue weighted by molar-refractivity contribution is 5.85. The largest absolute Gasteiger partial charge is 0.480 e. The van der Waals surface area contributed by atoms with Gasteiger partial charge < -0.3 is 15.7 Å². The van der Waals surface area contributed by atoms with Gasteiger partial charge in [-0.1, -0.05) is 12.1 Å². The number of aliphatic carboxylic acids is 1. The summed E-state index contributed by atoms with van der Waals surface area (Å²) >= 11 is 0. The fourth-order valence-electron chi connectivity index (χ4n) is 1.55. The minimum absolute atomic E-state index is 0.151. The standard InChI is InChI=1S/C11H19N5O3/c1-4-13-11(2,3)10(19)12-5-8-6-16(15-14-8)7-9(17)18/h6,13H,4-5,7H2,1-3H3,(H,12,19)(H,17,18). The van der Waals surface area contributed by atoms with Gasteiger partial charge in [0.25, 0.3) is 0 Å². The van der Waals surface area contributed by atoms with Crippen LogP contribution in [0.15, 0.2) is 6.20 Å². The molecule has 0 saturated carbocycles. The smallest absolute Gasteiger partial charge is 0.325 e. The summed E-state index contributed by atoms with van der Waals surface area (Å²) in [7, 11) is 0. The zero-order valence-corrected chi connectivity index (χ0v) is 11.3. The van der Waals surface area contributed by atoms with Crippen molar-refractivity contribution in [1.82, 2.24) is 25.6 Å². The van der Waals surface area contributed by atoms with Crippen LogP contribution in [0.2, 0.25) is 0 Å². The van der Waals surface area contributed by atoms with E-state index in [9.17, 15) is 9.59 Å². The van der Waals surface area contributed by atoms with Crippen LogP contribution in [0.4, 0.5) is 0 Å². The number of aromatic nitrogens is 3. The average molecular weight is 269 g/mol. The van der Waals surface area contributed by atoms with Crippen LogP contribution in [0.25, 0.3) is 0 Å². The number of carbonyl (C=O) groups excluding carboxylic acids is 1. The molecule has 19 heavy (non-hydrogen) atoms. The van der Waals surface area contributed by atoms with E-state index in [0.29, 0.717) is 12.2 Å². The van der Waals surface area contributed by atoms with Gasteiger partial charge >= 0.3 is 5.97 Å². The van der Waals surface area contributed by atoms with E-state index in [1.165, 1.54) is 10.9 Å². The zero-order chi connectivity index (χ0) is 14.5. The van der Waals surface area contributed by atoms with Crippen LogP contribution in [0.1, 0.15) is 26.5 Å². The molecular formula is C11H19N5O3. The van der Waals surface area contributed by atoms with E-state index < -0.39 is 11.5 Å². The highest BCUT2D eigenvalue weighted by Crippen LogP contribution is 2.02. The Balaban J connectivity index is 2.50. The number of carboxylic acid groups (broad SMARTS) is 1. The van der Waals surface area contributed by atoms with Gasteiger partial charge in [0.1, 0.15) is 12.2 Å². The number of nitrogens with one attached hydrogen (secondary N) is 2. The number of carbonyl (C=O) groups is 2. The molecule has 0 spiro atoms. The fraction of sp³-hybridized carbons (Fsp3) is 0.636. The molecule has 1 amide bonds. The van der Waals surface area contributed by atoms with Crippen LogP contribution in [0.3, 0.4) is 0 Å². The number of rotatable bonds is 7. The molecule has 0 unspecified atom stereocenters. The van der Waals surface area contributed by atoms with Crippen molar-refractivity contribution in [3.05, 3.63) is 11.9 Å². The lowest BCUT2D eigenvalue weighted by Crippen LogP contribution is -2.52. The van der Waals surface area contributed by atoms with Crippen LogP contribution in [0, 0.1) is 0 Å². The van der Waals surface area contributed by atoms with Gasteiger partial charge in [0, 0.05) is 0 Å². The molecule has 0 radical (unpaired) electrons. The molecule has 0 bridgehead atoms. The minimum Gasteiger partial charge on any atom is -0.480 e. The molecule has 1 aromatic rings. The quantitative estimate of drug-likeness (QED) is 0.608. The highest BCUT2D eigenvalue weighted by atomic mass is 16.4. The third kappa shape index (κ3) is 4.66.